The summed E-state index contributed by atoms with van der Waals surface area (Å²) in [6, 6.07) is 39.6. The van der Waals surface area contributed by atoms with Gasteiger partial charge in [0.25, 0.3) is 0 Å². The normalized spacial score (nSPS) is 12.2. The van der Waals surface area contributed by atoms with Crippen LogP contribution in [0.3, 0.4) is 0 Å². The molecule has 0 saturated carbocycles. The lowest BCUT2D eigenvalue weighted by atomic mass is 9.84. The van der Waals surface area contributed by atoms with E-state index in [4.69, 9.17) is 0 Å². The smallest absolute Gasteiger partial charge is 0.138 e. The molecule has 0 N–H and O–H groups in total. The fourth-order valence-corrected chi connectivity index (χ4v) is 14.8. The predicted octanol–water partition coefficient (Wildman–Crippen LogP) is 15.1. The summed E-state index contributed by atoms with van der Waals surface area (Å²) in [5.41, 5.74) is 12.9. The molecule has 8 aromatic rings. The summed E-state index contributed by atoms with van der Waals surface area (Å²) in [7, 11) is -3.41. The molecule has 0 aliphatic rings. The second-order valence-electron chi connectivity index (χ2n) is 14.5. The molecular weight excluding hydrogens is 697 g/mol. The fraction of sp³-hybridized carbons (Fsp3) is 0.250. The van der Waals surface area contributed by atoms with Gasteiger partial charge >= 0.3 is 0 Å². The first kappa shape index (κ1) is 34.9. The lowest BCUT2D eigenvalue weighted by Gasteiger charge is -2.22. The molecule has 0 atom stereocenters. The van der Waals surface area contributed by atoms with E-state index < -0.39 is 16.1 Å². The maximum Gasteiger partial charge on any atom is 0.138 e. The third kappa shape index (κ3) is 5.64. The molecule has 2 aromatic heterocycles. The Kier molecular flexibility index (Phi) is 9.39. The highest BCUT2D eigenvalue weighted by molar-refractivity contribution is 7.13. The van der Waals surface area contributed by atoms with Crippen LogP contribution >= 0.6 is 22.7 Å². The summed E-state index contributed by atoms with van der Waals surface area (Å²) < 4.78 is 0. The Morgan fingerprint density at radius 1 is 0.423 bits per heavy atom. The van der Waals surface area contributed by atoms with Gasteiger partial charge in [0.2, 0.25) is 0 Å². The van der Waals surface area contributed by atoms with Crippen molar-refractivity contribution in [3.63, 3.8) is 0 Å². The van der Waals surface area contributed by atoms with Gasteiger partial charge in [-0.1, -0.05) is 114 Å². The Balaban J connectivity index is 1.53. The molecule has 6 aromatic carbocycles. The molecule has 0 saturated heterocycles. The van der Waals surface area contributed by atoms with Crippen molar-refractivity contribution in [2.24, 2.45) is 0 Å². The average Bonchev–Trinajstić information content (AvgIpc) is 3.95. The number of fused-ring (bicyclic) bond motifs is 4. The third-order valence-electron chi connectivity index (χ3n) is 12.4. The van der Waals surface area contributed by atoms with Crippen molar-refractivity contribution in [1.82, 2.24) is 0 Å². The zero-order valence-electron chi connectivity index (χ0n) is 31.3. The van der Waals surface area contributed by atoms with Crippen LogP contribution in [0.4, 0.5) is 0 Å². The van der Waals surface area contributed by atoms with Crippen molar-refractivity contribution < 1.29 is 0 Å². The molecule has 0 aliphatic heterocycles. The summed E-state index contributed by atoms with van der Waals surface area (Å²) in [6.45, 7) is 14.1. The molecule has 0 unspecified atom stereocenters. The van der Waals surface area contributed by atoms with E-state index in [0.717, 1.165) is 0 Å². The van der Waals surface area contributed by atoms with E-state index in [-0.39, 0.29) is 0 Å². The molecule has 0 fully saturated rings. The van der Waals surface area contributed by atoms with Crippen molar-refractivity contribution >= 4 is 92.7 Å². The van der Waals surface area contributed by atoms with Gasteiger partial charge in [-0.2, -0.15) is 0 Å². The fourth-order valence-electron chi connectivity index (χ4n) is 8.51. The average molecular weight is 743 g/mol. The zero-order chi connectivity index (χ0) is 36.0. The van der Waals surface area contributed by atoms with Crippen molar-refractivity contribution in [3.05, 3.63) is 107 Å². The Labute approximate surface area is 319 Å². The highest BCUT2D eigenvalue weighted by Gasteiger charge is 2.26. The van der Waals surface area contributed by atoms with Crippen LogP contribution in [-0.2, 0) is 0 Å². The maximum absolute atomic E-state index is 4.01. The van der Waals surface area contributed by atoms with Crippen LogP contribution in [0.2, 0.25) is 36.3 Å². The number of rotatable bonds is 8. The molecule has 0 aliphatic carbocycles. The van der Waals surface area contributed by atoms with E-state index in [1.807, 2.05) is 0 Å². The molecule has 0 amide bonds. The third-order valence-corrected chi connectivity index (χ3v) is 23.7. The minimum atomic E-state index is -1.71. The van der Waals surface area contributed by atoms with Gasteiger partial charge in [0.05, 0.1) is 0 Å². The molecule has 0 radical (unpaired) electrons. The van der Waals surface area contributed by atoms with Gasteiger partial charge in [0.15, 0.2) is 0 Å². The first-order chi connectivity index (χ1) is 25.4. The molecular formula is C48H46S2Si2. The zero-order valence-corrected chi connectivity index (χ0v) is 34.9. The lowest BCUT2D eigenvalue weighted by Crippen LogP contribution is -2.29. The van der Waals surface area contributed by atoms with Crippen LogP contribution in [0.15, 0.2) is 95.7 Å². The van der Waals surface area contributed by atoms with Gasteiger partial charge in [-0.05, 0) is 136 Å². The summed E-state index contributed by atoms with van der Waals surface area (Å²) in [5, 5.41) is 17.3. The van der Waals surface area contributed by atoms with Gasteiger partial charge < -0.3 is 0 Å². The molecule has 0 nitrogen and oxygen atoms in total. The van der Waals surface area contributed by atoms with Crippen LogP contribution in [0.1, 0.15) is 52.7 Å². The SMILES string of the molecule is CC[Si](C#Cc1c2cc(-c3cccs3)ccc2c2ccc3c(C#C[Si](CC)(CC)CC)c4cc(-c5cccs5)ccc4c4ccc1c2c34)(CC)CC. The van der Waals surface area contributed by atoms with E-state index in [0.29, 0.717) is 0 Å². The summed E-state index contributed by atoms with van der Waals surface area (Å²) in [5.74, 6) is 7.89. The predicted molar refractivity (Wildman–Crippen MR) is 240 cm³/mol. The quantitative estimate of drug-likeness (QED) is 0.0629. The minimum absolute atomic E-state index is 1.19. The van der Waals surface area contributed by atoms with Crippen LogP contribution < -0.4 is 0 Å². The molecule has 52 heavy (non-hydrogen) atoms. The van der Waals surface area contributed by atoms with E-state index in [9.17, 15) is 0 Å². The number of hydrogen-bond acceptors (Lipinski definition) is 2. The van der Waals surface area contributed by atoms with Crippen LogP contribution in [0.25, 0.3) is 74.7 Å². The first-order valence-corrected chi connectivity index (χ1v) is 26.2. The Bertz CT molecular complexity index is 2500. The van der Waals surface area contributed by atoms with Crippen LogP contribution in [0, 0.1) is 22.9 Å². The molecule has 0 spiro atoms. The lowest BCUT2D eigenvalue weighted by molar-refractivity contribution is 1.20. The molecule has 4 heteroatoms. The van der Waals surface area contributed by atoms with E-state index in [2.05, 4.69) is 160 Å². The second kappa shape index (κ2) is 14.0. The molecule has 2 heterocycles. The van der Waals surface area contributed by atoms with Gasteiger partial charge in [0, 0.05) is 20.9 Å². The summed E-state index contributed by atoms with van der Waals surface area (Å²) in [4.78, 5) is 2.60. The largest absolute Gasteiger partial charge is 0.144 e. The standard InChI is InChI=1S/C48H46S2Si2/c1-7-51(8-2,9-3)29-25-37-41-23-21-40-36-20-18-34(46-16-14-28-50-46)32-44(36)38(26-30-52(10-4,11-5)12-6)42-24-22-39(47(41)48(40)42)35-19-17-33(31-43(35)37)45-15-13-27-49-45/h13-24,27-28,31-32H,7-12H2,1-6H3. The van der Waals surface area contributed by atoms with Crippen molar-refractivity contribution in [3.8, 4) is 43.8 Å². The maximum atomic E-state index is 4.01. The molecule has 0 bridgehead atoms. The molecule has 8 rings (SSSR count). The summed E-state index contributed by atoms with van der Waals surface area (Å²) >= 11 is 3.61. The highest BCUT2D eigenvalue weighted by Crippen LogP contribution is 2.46. The molecule has 258 valence electrons. The number of hydrogen-bond donors (Lipinski definition) is 0. The Morgan fingerprint density at radius 3 is 1.13 bits per heavy atom. The van der Waals surface area contributed by atoms with Crippen molar-refractivity contribution in [2.45, 2.75) is 77.8 Å². The Morgan fingerprint density at radius 2 is 0.788 bits per heavy atom. The summed E-state index contributed by atoms with van der Waals surface area (Å²) in [6.07, 6.45) is 0. The second-order valence-corrected chi connectivity index (χ2v) is 26.2. The number of benzene rings is 6. The first-order valence-electron chi connectivity index (χ1n) is 19.2. The highest BCUT2D eigenvalue weighted by atomic mass is 32.1. The van der Waals surface area contributed by atoms with Crippen LogP contribution in [0.5, 0.6) is 0 Å². The van der Waals surface area contributed by atoms with Gasteiger partial charge in [0.1, 0.15) is 16.1 Å². The van der Waals surface area contributed by atoms with Gasteiger partial charge in [-0.25, -0.2) is 0 Å². The minimum Gasteiger partial charge on any atom is -0.144 e. The Hall–Kier alpha value is -4.17. The van der Waals surface area contributed by atoms with E-state index in [1.54, 1.807) is 22.7 Å². The number of thiophene rings is 2. The van der Waals surface area contributed by atoms with Crippen molar-refractivity contribution in [2.75, 3.05) is 0 Å². The topological polar surface area (TPSA) is 0 Å². The van der Waals surface area contributed by atoms with E-state index >= 15 is 0 Å². The monoisotopic (exact) mass is 742 g/mol. The van der Waals surface area contributed by atoms with Gasteiger partial charge in [-0.3, -0.25) is 0 Å². The van der Waals surface area contributed by atoms with E-state index in [1.165, 1.54) is 122 Å². The van der Waals surface area contributed by atoms with Gasteiger partial charge in [-0.15, -0.1) is 33.8 Å². The van der Waals surface area contributed by atoms with Crippen molar-refractivity contribution in [1.29, 1.82) is 0 Å². The van der Waals surface area contributed by atoms with Crippen LogP contribution in [-0.4, -0.2) is 16.1 Å².